The van der Waals surface area contributed by atoms with Crippen molar-refractivity contribution >= 4 is 54.1 Å². The van der Waals surface area contributed by atoms with E-state index >= 15 is 0 Å². The number of furan rings is 1. The fraction of sp³-hybridized carbons (Fsp3) is 0.0870. The van der Waals surface area contributed by atoms with Gasteiger partial charge in [-0.15, -0.1) is 0 Å². The van der Waals surface area contributed by atoms with Crippen molar-refractivity contribution in [3.63, 3.8) is 0 Å². The van der Waals surface area contributed by atoms with E-state index in [4.69, 9.17) is 15.4 Å². The van der Waals surface area contributed by atoms with Crippen molar-refractivity contribution in [2.75, 3.05) is 0 Å². The molecule has 0 amide bonds. The molecule has 9 aromatic rings. The summed E-state index contributed by atoms with van der Waals surface area (Å²) in [4.78, 5) is 0. The van der Waals surface area contributed by atoms with Crippen molar-refractivity contribution in [2.45, 2.75) is 26.2 Å². The van der Waals surface area contributed by atoms with Gasteiger partial charge in [-0.05, 0) is 94.5 Å². The molecule has 1 heteroatoms. The van der Waals surface area contributed by atoms with E-state index in [0.717, 1.165) is 27.1 Å². The number of fused-ring (bicyclic) bond motifs is 6. The van der Waals surface area contributed by atoms with Gasteiger partial charge >= 0.3 is 0 Å². The van der Waals surface area contributed by atoms with Gasteiger partial charge in [-0.3, -0.25) is 0 Å². The first kappa shape index (κ1) is 17.3. The third-order valence-corrected chi connectivity index (χ3v) is 8.89. The van der Waals surface area contributed by atoms with Crippen LogP contribution in [0.3, 0.4) is 0 Å². The Morgan fingerprint density at radius 3 is 1.87 bits per heavy atom. The van der Waals surface area contributed by atoms with Gasteiger partial charge in [-0.1, -0.05) is 154 Å². The van der Waals surface area contributed by atoms with Gasteiger partial charge in [0.1, 0.15) is 11.3 Å². The van der Waals surface area contributed by atoms with E-state index in [-0.39, 0.29) is 49.1 Å². The molecule has 0 unspecified atom stereocenters. The molecule has 0 fully saturated rings. The number of rotatable bonds is 3. The average molecular weight is 616 g/mol. The van der Waals surface area contributed by atoms with Crippen LogP contribution in [0, 0.1) is 0 Å². The highest BCUT2D eigenvalue weighted by Crippen LogP contribution is 2.47. The molecule has 224 valence electrons. The molecule has 0 saturated heterocycles. The Labute approximate surface area is 293 Å². The fourth-order valence-corrected chi connectivity index (χ4v) is 6.80. The highest BCUT2D eigenvalue weighted by atomic mass is 16.3. The van der Waals surface area contributed by atoms with Gasteiger partial charge in [0.25, 0.3) is 0 Å². The summed E-state index contributed by atoms with van der Waals surface area (Å²) < 4.78 is 122. The summed E-state index contributed by atoms with van der Waals surface area (Å²) >= 11 is 0. The van der Waals surface area contributed by atoms with E-state index in [9.17, 15) is 6.85 Å². The molecule has 8 aromatic carbocycles. The standard InChI is InChI=1S/C46H34O/c1-46(2,3)41-21-12-20-33-34(41)26-25-29-23-24-30(27-40(29)33)32-14-5-6-15-35(32)44-36-16-7-9-18-38(36)45(39-19-10-8-17-37(39)44)43-28-31-13-4-11-22-42(31)47-43/h4-28H,1-3H3/i4D,7D,8D,9D,10D,11D,13D,16D,17D,18D,19D,22D,28D. The van der Waals surface area contributed by atoms with Crippen LogP contribution >= 0.6 is 0 Å². The number of hydrogen-bond donors (Lipinski definition) is 0. The third kappa shape index (κ3) is 4.38. The van der Waals surface area contributed by atoms with E-state index in [2.05, 4.69) is 51.1 Å². The predicted molar refractivity (Wildman–Crippen MR) is 201 cm³/mol. The second-order valence-corrected chi connectivity index (χ2v) is 12.7. The third-order valence-electron chi connectivity index (χ3n) is 8.89. The maximum Gasteiger partial charge on any atom is 0.136 e. The Bertz CT molecular complexity index is 3320. The van der Waals surface area contributed by atoms with Crippen LogP contribution in [0.25, 0.3) is 87.6 Å². The first-order chi connectivity index (χ1) is 28.4. The lowest BCUT2D eigenvalue weighted by Gasteiger charge is -2.22. The molecule has 0 saturated carbocycles. The molecule has 9 rings (SSSR count). The molecular formula is C46H34O. The quantitative estimate of drug-likeness (QED) is 0.142. The molecular weight excluding hydrogens is 569 g/mol. The second-order valence-electron chi connectivity index (χ2n) is 12.7. The molecule has 47 heavy (non-hydrogen) atoms. The van der Waals surface area contributed by atoms with Crippen LogP contribution in [0.5, 0.6) is 0 Å². The van der Waals surface area contributed by atoms with Crippen LogP contribution < -0.4 is 0 Å². The van der Waals surface area contributed by atoms with Gasteiger partial charge in [-0.25, -0.2) is 0 Å². The Kier molecular flexibility index (Phi) is 3.84. The van der Waals surface area contributed by atoms with E-state index in [0.29, 0.717) is 11.1 Å². The molecule has 0 N–H and O–H groups in total. The van der Waals surface area contributed by atoms with Crippen molar-refractivity contribution in [1.82, 2.24) is 0 Å². The molecule has 1 nitrogen and oxygen atoms in total. The lowest BCUT2D eigenvalue weighted by molar-refractivity contribution is 0.596. The highest BCUT2D eigenvalue weighted by molar-refractivity contribution is 6.22. The summed E-state index contributed by atoms with van der Waals surface area (Å²) in [5.41, 5.74) is 2.31. The first-order valence-corrected chi connectivity index (χ1v) is 15.4. The van der Waals surface area contributed by atoms with Gasteiger partial charge in [0, 0.05) is 10.9 Å². The molecule has 0 aliphatic rings. The van der Waals surface area contributed by atoms with E-state index < -0.39 is 84.3 Å². The van der Waals surface area contributed by atoms with Crippen molar-refractivity contribution in [1.29, 1.82) is 0 Å². The smallest absolute Gasteiger partial charge is 0.136 e. The van der Waals surface area contributed by atoms with Crippen molar-refractivity contribution in [2.24, 2.45) is 0 Å². The molecule has 0 radical (unpaired) electrons. The minimum atomic E-state index is -0.643. The zero-order valence-corrected chi connectivity index (χ0v) is 25.8. The lowest BCUT2D eigenvalue weighted by atomic mass is 9.82. The predicted octanol–water partition coefficient (Wildman–Crippen LogP) is 13.3. The zero-order valence-electron chi connectivity index (χ0n) is 38.8. The number of hydrogen-bond acceptors (Lipinski definition) is 1. The normalized spacial score (nSPS) is 16.0. The van der Waals surface area contributed by atoms with E-state index in [1.54, 1.807) is 12.1 Å². The Hall–Kier alpha value is -5.66. The van der Waals surface area contributed by atoms with Gasteiger partial charge in [0.2, 0.25) is 0 Å². The van der Waals surface area contributed by atoms with Crippen LogP contribution in [-0.4, -0.2) is 0 Å². The van der Waals surface area contributed by atoms with E-state index in [1.807, 2.05) is 30.3 Å². The van der Waals surface area contributed by atoms with Gasteiger partial charge in [-0.2, -0.15) is 0 Å². The summed E-state index contributed by atoms with van der Waals surface area (Å²) in [6.45, 7) is 6.50. The number of benzene rings is 8. The molecule has 0 atom stereocenters. The van der Waals surface area contributed by atoms with Crippen LogP contribution in [0.15, 0.2) is 156 Å². The Balaban J connectivity index is 1.48. The molecule has 1 aromatic heterocycles. The topological polar surface area (TPSA) is 13.1 Å². The zero-order chi connectivity index (χ0) is 43.0. The maximum atomic E-state index is 9.43. The number of para-hydroxylation sites is 1. The summed E-state index contributed by atoms with van der Waals surface area (Å²) in [6.07, 6.45) is 0. The summed E-state index contributed by atoms with van der Waals surface area (Å²) in [5.74, 6) is -0.432. The first-order valence-electron chi connectivity index (χ1n) is 21.9. The van der Waals surface area contributed by atoms with Gasteiger partial charge in [0.05, 0.1) is 17.8 Å². The SMILES string of the molecule is [2H]c1c([2H])c([2H])c2c([2H])c(-c3c4c([2H])c([2H])c([2H])c([2H])c4c(-c4ccccc4-c4ccc5ccc6c(C(C)(C)C)cccc6c5c4)c4c([2H])c([2H])c([2H])c([2H])c34)oc2c1[2H]. The van der Waals surface area contributed by atoms with Crippen LogP contribution in [0.1, 0.15) is 44.2 Å². The average Bonchev–Trinajstić information content (AvgIpc) is 3.58. The monoisotopic (exact) mass is 615 g/mol. The van der Waals surface area contributed by atoms with Gasteiger partial charge < -0.3 is 4.42 Å². The van der Waals surface area contributed by atoms with Crippen molar-refractivity contribution in [3.8, 4) is 33.6 Å². The summed E-state index contributed by atoms with van der Waals surface area (Å²) in [7, 11) is 0. The minimum Gasteiger partial charge on any atom is -0.456 e. The molecule has 0 aliphatic carbocycles. The Morgan fingerprint density at radius 1 is 0.511 bits per heavy atom. The Morgan fingerprint density at radius 2 is 1.15 bits per heavy atom. The molecule has 0 bridgehead atoms. The maximum absolute atomic E-state index is 9.43. The van der Waals surface area contributed by atoms with Crippen molar-refractivity contribution in [3.05, 3.63) is 157 Å². The lowest BCUT2D eigenvalue weighted by Crippen LogP contribution is -2.11. The highest BCUT2D eigenvalue weighted by Gasteiger charge is 2.21. The fourth-order valence-electron chi connectivity index (χ4n) is 6.80. The molecule has 0 aliphatic heterocycles. The van der Waals surface area contributed by atoms with Crippen LogP contribution in [0.4, 0.5) is 0 Å². The minimum absolute atomic E-state index is 0.0959. The molecule has 0 spiro atoms. The largest absolute Gasteiger partial charge is 0.456 e. The van der Waals surface area contributed by atoms with E-state index in [1.165, 1.54) is 5.56 Å². The van der Waals surface area contributed by atoms with Crippen LogP contribution in [-0.2, 0) is 5.41 Å². The second kappa shape index (κ2) is 10.4. The molecule has 1 heterocycles. The van der Waals surface area contributed by atoms with Crippen molar-refractivity contribution < 1.29 is 22.2 Å². The summed E-state index contributed by atoms with van der Waals surface area (Å²) in [6, 6.07) is 16.1. The van der Waals surface area contributed by atoms with Crippen LogP contribution in [0.2, 0.25) is 0 Å². The summed E-state index contributed by atoms with van der Waals surface area (Å²) in [5, 5.41) is 3.24. The van der Waals surface area contributed by atoms with Gasteiger partial charge in [0.15, 0.2) is 0 Å².